The molecule has 0 saturated heterocycles. The van der Waals surface area contributed by atoms with Crippen LogP contribution in [0.2, 0.25) is 0 Å². The first-order chi connectivity index (χ1) is 14.4. The number of nitrogens with two attached hydrogens (primary N) is 1. The molecule has 156 valence electrons. The zero-order chi connectivity index (χ0) is 21.3. The van der Waals surface area contributed by atoms with Crippen LogP contribution in [0.5, 0.6) is 5.75 Å². The number of aryl methyl sites for hydroxylation is 1. The van der Waals surface area contributed by atoms with Crippen LogP contribution in [0.25, 0.3) is 21.9 Å². The van der Waals surface area contributed by atoms with Gasteiger partial charge in [-0.3, -0.25) is 4.98 Å². The summed E-state index contributed by atoms with van der Waals surface area (Å²) in [4.78, 5) is 8.91. The van der Waals surface area contributed by atoms with E-state index < -0.39 is 17.7 Å². The van der Waals surface area contributed by atoms with Gasteiger partial charge in [0.2, 0.25) is 0 Å². The van der Waals surface area contributed by atoms with E-state index in [0.717, 1.165) is 45.4 Å². The summed E-state index contributed by atoms with van der Waals surface area (Å²) in [6.07, 6.45) is 5.08. The quantitative estimate of drug-likeness (QED) is 0.359. The highest BCUT2D eigenvalue weighted by Gasteiger charge is 2.16. The summed E-state index contributed by atoms with van der Waals surface area (Å²) >= 11 is 3.52. The number of halogens is 3. The van der Waals surface area contributed by atoms with E-state index in [4.69, 9.17) is 10.5 Å². The largest absolute Gasteiger partial charge is 0.490 e. The van der Waals surface area contributed by atoms with E-state index in [-0.39, 0.29) is 5.75 Å². The van der Waals surface area contributed by atoms with Gasteiger partial charge < -0.3 is 15.0 Å². The molecule has 0 aliphatic heterocycles. The fourth-order valence-electron chi connectivity index (χ4n) is 3.53. The molecule has 0 amide bonds. The molecule has 0 spiro atoms. The summed E-state index contributed by atoms with van der Waals surface area (Å²) < 4.78 is 36.3. The molecule has 0 fully saturated rings. The number of aromatic nitrogens is 3. The highest BCUT2D eigenvalue weighted by atomic mass is 79.9. The molecule has 0 radical (unpaired) electrons. The molecule has 0 bridgehead atoms. The maximum Gasteiger partial charge on any atom is 0.168 e. The molecule has 0 saturated carbocycles. The minimum absolute atomic E-state index is 0.0291. The Balaban J connectivity index is 1.44. The SMILES string of the molecule is C[C@@H](N)c1cc(F)cc(F)c1OCCCCn1cnc2cnc3ccc(Br)cc3c21. The van der Waals surface area contributed by atoms with Crippen molar-refractivity contribution in [1.82, 2.24) is 14.5 Å². The van der Waals surface area contributed by atoms with Gasteiger partial charge in [-0.05, 0) is 44.0 Å². The minimum atomic E-state index is -0.729. The first-order valence-corrected chi connectivity index (χ1v) is 10.5. The molecule has 0 aliphatic rings. The van der Waals surface area contributed by atoms with Gasteiger partial charge in [-0.2, -0.15) is 0 Å². The standard InChI is InChI=1S/C22H21BrF2N4O/c1-13(26)16-9-15(24)10-18(25)22(16)30-7-3-2-6-29-12-28-20-11-27-19-5-4-14(23)8-17(19)21(20)29/h4-5,8-13H,2-3,6-7,26H2,1H3/t13-/m1/s1. The van der Waals surface area contributed by atoms with Crippen LogP contribution < -0.4 is 10.5 Å². The summed E-state index contributed by atoms with van der Waals surface area (Å²) in [5.41, 5.74) is 8.94. The lowest BCUT2D eigenvalue weighted by Crippen LogP contribution is -2.11. The number of unbranched alkanes of at least 4 members (excludes halogenated alkanes) is 1. The van der Waals surface area contributed by atoms with E-state index >= 15 is 0 Å². The van der Waals surface area contributed by atoms with Crippen LogP contribution in [0.15, 0.2) is 47.3 Å². The third-order valence-corrected chi connectivity index (χ3v) is 5.47. The van der Waals surface area contributed by atoms with Crippen molar-refractivity contribution in [3.63, 3.8) is 0 Å². The van der Waals surface area contributed by atoms with Crippen molar-refractivity contribution in [1.29, 1.82) is 0 Å². The molecule has 30 heavy (non-hydrogen) atoms. The number of hydrogen-bond acceptors (Lipinski definition) is 4. The number of ether oxygens (including phenoxy) is 1. The molecular formula is C22H21BrF2N4O. The predicted molar refractivity (Wildman–Crippen MR) is 116 cm³/mol. The van der Waals surface area contributed by atoms with Crippen molar-refractivity contribution < 1.29 is 13.5 Å². The van der Waals surface area contributed by atoms with Crippen molar-refractivity contribution in [2.24, 2.45) is 5.73 Å². The number of fused-ring (bicyclic) bond motifs is 3. The Morgan fingerprint density at radius 1 is 1.13 bits per heavy atom. The normalized spacial score (nSPS) is 12.6. The van der Waals surface area contributed by atoms with Crippen molar-refractivity contribution in [2.75, 3.05) is 6.61 Å². The highest BCUT2D eigenvalue weighted by Crippen LogP contribution is 2.29. The molecule has 8 heteroatoms. The van der Waals surface area contributed by atoms with Gasteiger partial charge in [0, 0.05) is 34.1 Å². The third kappa shape index (κ3) is 4.15. The average Bonchev–Trinajstić information content (AvgIpc) is 3.12. The molecule has 2 aromatic heterocycles. The van der Waals surface area contributed by atoms with Crippen LogP contribution >= 0.6 is 15.9 Å². The Bertz CT molecular complexity index is 1210. The Kier molecular flexibility index (Phi) is 5.97. The van der Waals surface area contributed by atoms with Gasteiger partial charge in [-0.15, -0.1) is 0 Å². The number of rotatable bonds is 7. The summed E-state index contributed by atoms with van der Waals surface area (Å²) in [5.74, 6) is -1.36. The molecule has 4 aromatic rings. The van der Waals surface area contributed by atoms with Gasteiger partial charge in [0.05, 0.1) is 30.2 Å². The molecular weight excluding hydrogens is 454 g/mol. The summed E-state index contributed by atoms with van der Waals surface area (Å²) in [7, 11) is 0. The summed E-state index contributed by atoms with van der Waals surface area (Å²) in [6, 6.07) is 7.48. The molecule has 4 rings (SSSR count). The van der Waals surface area contributed by atoms with Crippen LogP contribution in [0.4, 0.5) is 8.78 Å². The molecule has 0 unspecified atom stereocenters. The zero-order valence-electron chi connectivity index (χ0n) is 16.4. The monoisotopic (exact) mass is 474 g/mol. The van der Waals surface area contributed by atoms with Gasteiger partial charge >= 0.3 is 0 Å². The maximum absolute atomic E-state index is 14.1. The highest BCUT2D eigenvalue weighted by molar-refractivity contribution is 9.10. The summed E-state index contributed by atoms with van der Waals surface area (Å²) in [6.45, 7) is 2.71. The summed E-state index contributed by atoms with van der Waals surface area (Å²) in [5, 5.41) is 1.03. The lowest BCUT2D eigenvalue weighted by Gasteiger charge is -2.15. The first-order valence-electron chi connectivity index (χ1n) is 9.70. The van der Waals surface area contributed by atoms with E-state index in [1.54, 1.807) is 19.4 Å². The Morgan fingerprint density at radius 2 is 1.97 bits per heavy atom. The van der Waals surface area contributed by atoms with E-state index in [1.807, 2.05) is 18.2 Å². The molecule has 2 N–H and O–H groups in total. The van der Waals surface area contributed by atoms with Crippen molar-refractivity contribution in [3.05, 3.63) is 64.5 Å². The second-order valence-corrected chi connectivity index (χ2v) is 8.16. The van der Waals surface area contributed by atoms with Gasteiger partial charge in [0.15, 0.2) is 11.6 Å². The molecule has 0 aliphatic carbocycles. The Morgan fingerprint density at radius 3 is 2.77 bits per heavy atom. The minimum Gasteiger partial charge on any atom is -0.490 e. The van der Waals surface area contributed by atoms with Crippen LogP contribution in [0, 0.1) is 11.6 Å². The maximum atomic E-state index is 14.1. The molecule has 5 nitrogen and oxygen atoms in total. The van der Waals surface area contributed by atoms with Gasteiger partial charge in [0.25, 0.3) is 0 Å². The smallest absolute Gasteiger partial charge is 0.168 e. The lowest BCUT2D eigenvalue weighted by atomic mass is 10.1. The molecule has 1 atom stereocenters. The predicted octanol–water partition coefficient (Wildman–Crippen LogP) is 5.50. The van der Waals surface area contributed by atoms with Crippen LogP contribution in [-0.4, -0.2) is 21.1 Å². The Hall–Kier alpha value is -2.58. The van der Waals surface area contributed by atoms with Gasteiger partial charge in [-0.25, -0.2) is 13.8 Å². The third-order valence-electron chi connectivity index (χ3n) is 4.97. The topological polar surface area (TPSA) is 66.0 Å². The van der Waals surface area contributed by atoms with E-state index in [1.165, 1.54) is 6.07 Å². The number of nitrogens with zero attached hydrogens (tertiary/aromatic N) is 3. The number of pyridine rings is 1. The van der Waals surface area contributed by atoms with E-state index in [9.17, 15) is 8.78 Å². The van der Waals surface area contributed by atoms with Crippen LogP contribution in [-0.2, 0) is 6.54 Å². The van der Waals surface area contributed by atoms with E-state index in [0.29, 0.717) is 18.6 Å². The molecule has 2 aromatic carbocycles. The first kappa shape index (κ1) is 20.7. The number of imidazole rings is 1. The van der Waals surface area contributed by atoms with Crippen molar-refractivity contribution in [3.8, 4) is 5.75 Å². The van der Waals surface area contributed by atoms with Crippen molar-refractivity contribution in [2.45, 2.75) is 32.4 Å². The zero-order valence-corrected chi connectivity index (χ0v) is 18.0. The number of benzene rings is 2. The Labute approximate surface area is 181 Å². The fourth-order valence-corrected chi connectivity index (χ4v) is 3.89. The number of hydrogen-bond donors (Lipinski definition) is 1. The second-order valence-electron chi connectivity index (χ2n) is 7.24. The van der Waals surface area contributed by atoms with Gasteiger partial charge in [0.1, 0.15) is 11.3 Å². The molecule has 2 heterocycles. The average molecular weight is 475 g/mol. The lowest BCUT2D eigenvalue weighted by molar-refractivity contribution is 0.284. The second kappa shape index (κ2) is 8.65. The fraction of sp³-hybridized carbons (Fsp3) is 0.273. The van der Waals surface area contributed by atoms with Gasteiger partial charge in [-0.1, -0.05) is 15.9 Å². The van der Waals surface area contributed by atoms with Crippen LogP contribution in [0.1, 0.15) is 31.4 Å². The van der Waals surface area contributed by atoms with Crippen molar-refractivity contribution >= 4 is 37.9 Å². The van der Waals surface area contributed by atoms with E-state index in [2.05, 4.69) is 30.5 Å². The van der Waals surface area contributed by atoms with Crippen LogP contribution in [0.3, 0.4) is 0 Å².